The zero-order valence-corrected chi connectivity index (χ0v) is 16.3. The molecule has 5 nitrogen and oxygen atoms in total. The molecule has 1 unspecified atom stereocenters. The van der Waals surface area contributed by atoms with E-state index in [4.69, 9.17) is 35.4 Å². The fraction of sp³-hybridized carbons (Fsp3) is 0.188. The summed E-state index contributed by atoms with van der Waals surface area (Å²) in [7, 11) is 0. The van der Waals surface area contributed by atoms with Gasteiger partial charge in [0.2, 0.25) is 5.91 Å². The Balaban J connectivity index is 1.75. The van der Waals surface area contributed by atoms with E-state index in [1.807, 2.05) is 24.4 Å². The molecule has 2 aromatic heterocycles. The van der Waals surface area contributed by atoms with Gasteiger partial charge in [-0.1, -0.05) is 35.3 Å². The van der Waals surface area contributed by atoms with Crippen LogP contribution in [-0.4, -0.2) is 20.7 Å². The lowest BCUT2D eigenvalue weighted by Crippen LogP contribution is -2.30. The van der Waals surface area contributed by atoms with Gasteiger partial charge in [-0.15, -0.1) is 11.3 Å². The summed E-state index contributed by atoms with van der Waals surface area (Å²) in [6.45, 7) is 1.93. The Hall–Kier alpha value is -1.67. The molecule has 1 atom stereocenters. The van der Waals surface area contributed by atoms with Gasteiger partial charge >= 0.3 is 0 Å². The van der Waals surface area contributed by atoms with Gasteiger partial charge in [0.25, 0.3) is 0 Å². The third kappa shape index (κ3) is 4.12. The van der Waals surface area contributed by atoms with E-state index >= 15 is 0 Å². The Bertz CT molecular complexity index is 949. The van der Waals surface area contributed by atoms with Gasteiger partial charge in [-0.2, -0.15) is 5.10 Å². The summed E-state index contributed by atoms with van der Waals surface area (Å²) in [5.74, 6) is 0.459. The monoisotopic (exact) mass is 412 g/mol. The zero-order valence-electron chi connectivity index (χ0n) is 13.1. The summed E-state index contributed by atoms with van der Waals surface area (Å²) < 4.78 is 2.07. The number of hydrogen-bond donors (Lipinski definition) is 2. The van der Waals surface area contributed by atoms with E-state index in [0.29, 0.717) is 20.6 Å². The van der Waals surface area contributed by atoms with Crippen LogP contribution in [0.15, 0.2) is 35.7 Å². The number of amides is 1. The van der Waals surface area contributed by atoms with E-state index in [-0.39, 0.29) is 18.5 Å². The van der Waals surface area contributed by atoms with Gasteiger partial charge in [0, 0.05) is 10.0 Å². The van der Waals surface area contributed by atoms with Crippen molar-refractivity contribution in [1.29, 1.82) is 0 Å². The first-order valence-electron chi connectivity index (χ1n) is 7.39. The lowest BCUT2D eigenvalue weighted by Gasteiger charge is -2.16. The number of hydrogen-bond acceptors (Lipinski definition) is 4. The number of nitrogens with zero attached hydrogens (tertiary/aromatic N) is 2. The molecule has 0 saturated carbocycles. The molecule has 0 bridgehead atoms. The molecule has 1 amide bonds. The lowest BCUT2D eigenvalue weighted by atomic mass is 10.1. The van der Waals surface area contributed by atoms with E-state index in [9.17, 15) is 4.79 Å². The van der Waals surface area contributed by atoms with Crippen molar-refractivity contribution in [2.45, 2.75) is 19.5 Å². The van der Waals surface area contributed by atoms with Crippen LogP contribution in [0.1, 0.15) is 18.5 Å². The first-order valence-corrected chi connectivity index (χ1v) is 9.43. The van der Waals surface area contributed by atoms with Crippen LogP contribution in [-0.2, 0) is 11.3 Å². The molecule has 0 aliphatic carbocycles. The van der Waals surface area contributed by atoms with Crippen LogP contribution in [0, 0.1) is 4.77 Å². The summed E-state index contributed by atoms with van der Waals surface area (Å²) in [5, 5.41) is 12.9. The number of halogens is 2. The molecule has 0 spiro atoms. The van der Waals surface area contributed by atoms with Crippen molar-refractivity contribution < 1.29 is 4.79 Å². The average Bonchev–Trinajstić information content (AvgIpc) is 3.18. The molecule has 0 aliphatic rings. The van der Waals surface area contributed by atoms with Gasteiger partial charge in [0.1, 0.15) is 6.54 Å². The number of carbonyl (C=O) groups excluding carboxylic acids is 1. The third-order valence-electron chi connectivity index (χ3n) is 3.61. The summed E-state index contributed by atoms with van der Waals surface area (Å²) in [5.41, 5.74) is 0.800. The number of aromatic nitrogens is 3. The molecule has 2 heterocycles. The minimum Gasteiger partial charge on any atom is -0.348 e. The van der Waals surface area contributed by atoms with Crippen molar-refractivity contribution >= 4 is 52.7 Å². The van der Waals surface area contributed by atoms with Crippen LogP contribution in [0.4, 0.5) is 0 Å². The van der Waals surface area contributed by atoms with Crippen LogP contribution in [0.25, 0.3) is 10.7 Å². The van der Waals surface area contributed by atoms with Crippen LogP contribution in [0.2, 0.25) is 10.0 Å². The van der Waals surface area contributed by atoms with E-state index in [2.05, 4.69) is 15.5 Å². The maximum absolute atomic E-state index is 12.5. The highest BCUT2D eigenvalue weighted by Crippen LogP contribution is 2.26. The zero-order chi connectivity index (χ0) is 18.0. The molecule has 3 rings (SSSR count). The molecule has 1 aromatic carbocycles. The van der Waals surface area contributed by atoms with Crippen molar-refractivity contribution in [3.63, 3.8) is 0 Å². The topological polar surface area (TPSA) is 62.7 Å². The predicted octanol–water partition coefficient (Wildman–Crippen LogP) is 4.85. The van der Waals surface area contributed by atoms with Crippen molar-refractivity contribution in [2.24, 2.45) is 0 Å². The molecule has 25 heavy (non-hydrogen) atoms. The van der Waals surface area contributed by atoms with Crippen LogP contribution in [0.3, 0.4) is 0 Å². The van der Waals surface area contributed by atoms with E-state index < -0.39 is 0 Å². The predicted molar refractivity (Wildman–Crippen MR) is 104 cm³/mol. The molecule has 0 fully saturated rings. The van der Waals surface area contributed by atoms with Crippen LogP contribution < -0.4 is 5.32 Å². The summed E-state index contributed by atoms with van der Waals surface area (Å²) in [6.07, 6.45) is 0. The number of thiophene rings is 1. The second-order valence-electron chi connectivity index (χ2n) is 5.37. The molecule has 2 N–H and O–H groups in total. The SMILES string of the molecule is CC(NC(=O)Cn1c(-c2cccs2)n[nH]c1=S)c1ccc(Cl)cc1Cl. The number of benzene rings is 1. The van der Waals surface area contributed by atoms with Gasteiger partial charge in [0.15, 0.2) is 10.6 Å². The van der Waals surface area contributed by atoms with E-state index in [0.717, 1.165) is 10.4 Å². The molecule has 3 aromatic rings. The van der Waals surface area contributed by atoms with Gasteiger partial charge in [0.05, 0.1) is 10.9 Å². The second kappa shape index (κ2) is 7.70. The summed E-state index contributed by atoms with van der Waals surface area (Å²) >= 11 is 18.9. The number of aromatic amines is 1. The molecular weight excluding hydrogens is 399 g/mol. The molecule has 0 radical (unpaired) electrons. The Morgan fingerprint density at radius 1 is 1.44 bits per heavy atom. The minimum absolute atomic E-state index is 0.0676. The van der Waals surface area contributed by atoms with Gasteiger partial charge in [-0.3, -0.25) is 14.5 Å². The summed E-state index contributed by atoms with van der Waals surface area (Å²) in [6, 6.07) is 8.79. The Morgan fingerprint density at radius 2 is 2.24 bits per heavy atom. The highest BCUT2D eigenvalue weighted by Gasteiger charge is 2.16. The quantitative estimate of drug-likeness (QED) is 0.588. The first kappa shape index (κ1) is 18.1. The number of nitrogens with one attached hydrogen (secondary N) is 2. The number of rotatable bonds is 5. The Morgan fingerprint density at radius 3 is 2.92 bits per heavy atom. The Labute approximate surface area is 163 Å². The fourth-order valence-corrected chi connectivity index (χ4v) is 3.91. The van der Waals surface area contributed by atoms with E-state index in [1.54, 1.807) is 22.8 Å². The van der Waals surface area contributed by atoms with Crippen LogP contribution >= 0.6 is 46.8 Å². The second-order valence-corrected chi connectivity index (χ2v) is 7.55. The molecule has 130 valence electrons. The molecular formula is C16H14Cl2N4OS2. The smallest absolute Gasteiger partial charge is 0.240 e. The maximum atomic E-state index is 12.5. The van der Waals surface area contributed by atoms with Crippen LogP contribution in [0.5, 0.6) is 0 Å². The average molecular weight is 413 g/mol. The normalized spacial score (nSPS) is 12.1. The van der Waals surface area contributed by atoms with Crippen molar-refractivity contribution in [3.8, 4) is 10.7 Å². The van der Waals surface area contributed by atoms with Gasteiger partial charge < -0.3 is 5.32 Å². The largest absolute Gasteiger partial charge is 0.348 e. The number of H-pyrrole nitrogens is 1. The third-order valence-corrected chi connectivity index (χ3v) is 5.35. The molecule has 0 aliphatic heterocycles. The lowest BCUT2D eigenvalue weighted by molar-refractivity contribution is -0.122. The maximum Gasteiger partial charge on any atom is 0.240 e. The molecule has 9 heteroatoms. The fourth-order valence-electron chi connectivity index (χ4n) is 2.42. The first-order chi connectivity index (χ1) is 12.0. The standard InChI is InChI=1S/C16H14Cl2N4OS2/c1-9(11-5-4-10(17)7-12(11)18)19-14(23)8-22-15(20-21-16(22)24)13-3-2-6-25-13/h2-7,9H,8H2,1H3,(H,19,23)(H,21,24). The van der Waals surface area contributed by atoms with Crippen molar-refractivity contribution in [3.05, 3.63) is 56.1 Å². The van der Waals surface area contributed by atoms with Crippen molar-refractivity contribution in [2.75, 3.05) is 0 Å². The Kier molecular flexibility index (Phi) is 5.58. The minimum atomic E-state index is -0.261. The molecule has 0 saturated heterocycles. The van der Waals surface area contributed by atoms with Gasteiger partial charge in [-0.25, -0.2) is 0 Å². The highest BCUT2D eigenvalue weighted by molar-refractivity contribution is 7.71. The van der Waals surface area contributed by atoms with Gasteiger partial charge in [-0.05, 0) is 48.3 Å². The van der Waals surface area contributed by atoms with Crippen molar-refractivity contribution in [1.82, 2.24) is 20.1 Å². The highest BCUT2D eigenvalue weighted by atomic mass is 35.5. The number of carbonyl (C=O) groups is 1. The summed E-state index contributed by atoms with van der Waals surface area (Å²) in [4.78, 5) is 13.4. The van der Waals surface area contributed by atoms with E-state index in [1.165, 1.54) is 11.3 Å².